The second-order valence-electron chi connectivity index (χ2n) is 5.14. The molecule has 0 spiro atoms. The van der Waals surface area contributed by atoms with Gasteiger partial charge in [-0.25, -0.2) is 0 Å². The minimum absolute atomic E-state index is 0. The van der Waals surface area contributed by atoms with Gasteiger partial charge in [-0.2, -0.15) is 0 Å². The van der Waals surface area contributed by atoms with Crippen molar-refractivity contribution in [3.8, 4) is 5.75 Å². The number of rotatable bonds is 8. The van der Waals surface area contributed by atoms with Crippen LogP contribution < -0.4 is 4.74 Å². The van der Waals surface area contributed by atoms with Crippen molar-refractivity contribution in [2.75, 3.05) is 52.7 Å². The van der Waals surface area contributed by atoms with Crippen LogP contribution in [0, 0.1) is 17.0 Å². The highest BCUT2D eigenvalue weighted by molar-refractivity contribution is 5.85. The SMILES string of the molecule is Cc1ccc([N+](=O)[O-])c(OCCOCCN2CCOCC2)c1.Cl. The number of aryl methyl sites for hydroxylation is 1. The van der Waals surface area contributed by atoms with Gasteiger partial charge in [0.25, 0.3) is 0 Å². The molecule has 0 atom stereocenters. The zero-order valence-corrected chi connectivity index (χ0v) is 14.0. The second kappa shape index (κ2) is 10.4. The lowest BCUT2D eigenvalue weighted by molar-refractivity contribution is -0.385. The number of nitro benzene ring substituents is 1. The van der Waals surface area contributed by atoms with E-state index in [1.165, 1.54) is 6.07 Å². The Balaban J connectivity index is 0.00000264. The molecule has 1 aliphatic rings. The summed E-state index contributed by atoms with van der Waals surface area (Å²) in [6.45, 7) is 7.51. The molecule has 0 aliphatic carbocycles. The Morgan fingerprint density at radius 2 is 2.00 bits per heavy atom. The van der Waals surface area contributed by atoms with Crippen LogP contribution in [0.15, 0.2) is 18.2 Å². The van der Waals surface area contributed by atoms with Gasteiger partial charge >= 0.3 is 5.69 Å². The van der Waals surface area contributed by atoms with Crippen molar-refractivity contribution >= 4 is 18.1 Å². The molecule has 1 heterocycles. The van der Waals surface area contributed by atoms with Crippen molar-refractivity contribution in [2.45, 2.75) is 6.92 Å². The minimum atomic E-state index is -0.436. The Hall–Kier alpha value is -1.41. The van der Waals surface area contributed by atoms with Gasteiger partial charge in [-0.15, -0.1) is 12.4 Å². The lowest BCUT2D eigenvalue weighted by atomic mass is 10.2. The molecule has 1 fully saturated rings. The topological polar surface area (TPSA) is 74.1 Å². The summed E-state index contributed by atoms with van der Waals surface area (Å²) in [6.07, 6.45) is 0. The van der Waals surface area contributed by atoms with Gasteiger partial charge in [-0.05, 0) is 18.6 Å². The third-order valence-corrected chi connectivity index (χ3v) is 3.45. The van der Waals surface area contributed by atoms with Crippen LogP contribution >= 0.6 is 12.4 Å². The smallest absolute Gasteiger partial charge is 0.310 e. The van der Waals surface area contributed by atoms with Crippen LogP contribution in [-0.4, -0.2) is 62.5 Å². The fraction of sp³-hybridized carbons (Fsp3) is 0.600. The maximum Gasteiger partial charge on any atom is 0.310 e. The zero-order valence-electron chi connectivity index (χ0n) is 13.2. The number of hydrogen-bond donors (Lipinski definition) is 0. The van der Waals surface area contributed by atoms with E-state index in [-0.39, 0.29) is 18.1 Å². The summed E-state index contributed by atoms with van der Waals surface area (Å²) in [4.78, 5) is 12.8. The van der Waals surface area contributed by atoms with Crippen LogP contribution in [0.1, 0.15) is 5.56 Å². The number of hydrogen-bond acceptors (Lipinski definition) is 6. The summed E-state index contributed by atoms with van der Waals surface area (Å²) in [6, 6.07) is 4.83. The van der Waals surface area contributed by atoms with E-state index in [9.17, 15) is 10.1 Å². The Kier molecular flexibility index (Phi) is 8.86. The Bertz CT molecular complexity index is 495. The molecule has 7 nitrogen and oxygen atoms in total. The first-order valence-corrected chi connectivity index (χ1v) is 7.42. The Morgan fingerprint density at radius 3 is 2.70 bits per heavy atom. The van der Waals surface area contributed by atoms with Crippen molar-refractivity contribution in [3.05, 3.63) is 33.9 Å². The fourth-order valence-electron chi connectivity index (χ4n) is 2.22. The predicted molar refractivity (Wildman–Crippen MR) is 88.7 cm³/mol. The number of nitro groups is 1. The van der Waals surface area contributed by atoms with Crippen LogP contribution in [0.5, 0.6) is 5.75 Å². The van der Waals surface area contributed by atoms with Crippen LogP contribution in [0.3, 0.4) is 0 Å². The molecule has 8 heteroatoms. The van der Waals surface area contributed by atoms with Crippen LogP contribution in [0.25, 0.3) is 0 Å². The Morgan fingerprint density at radius 1 is 1.26 bits per heavy atom. The van der Waals surface area contributed by atoms with E-state index in [1.54, 1.807) is 12.1 Å². The molecule has 0 unspecified atom stereocenters. The normalized spacial score (nSPS) is 15.0. The van der Waals surface area contributed by atoms with Crippen molar-refractivity contribution in [2.24, 2.45) is 0 Å². The molecule has 130 valence electrons. The molecule has 0 saturated carbocycles. The molecule has 0 radical (unpaired) electrons. The third-order valence-electron chi connectivity index (χ3n) is 3.45. The molecule has 0 N–H and O–H groups in total. The average Bonchev–Trinajstić information content (AvgIpc) is 2.51. The maximum absolute atomic E-state index is 10.9. The first-order valence-electron chi connectivity index (χ1n) is 7.42. The molecule has 1 aromatic carbocycles. The molecule has 1 aliphatic heterocycles. The number of ether oxygens (including phenoxy) is 3. The van der Waals surface area contributed by atoms with Gasteiger partial charge < -0.3 is 14.2 Å². The molecule has 2 rings (SSSR count). The largest absolute Gasteiger partial charge is 0.484 e. The van der Waals surface area contributed by atoms with Crippen molar-refractivity contribution in [1.82, 2.24) is 4.90 Å². The molecule has 0 amide bonds. The van der Waals surface area contributed by atoms with E-state index in [0.29, 0.717) is 25.6 Å². The van der Waals surface area contributed by atoms with Gasteiger partial charge in [0.15, 0.2) is 5.75 Å². The lowest BCUT2D eigenvalue weighted by Crippen LogP contribution is -2.38. The summed E-state index contributed by atoms with van der Waals surface area (Å²) in [5, 5.41) is 10.9. The number of nitrogens with zero attached hydrogens (tertiary/aromatic N) is 2. The number of halogens is 1. The first kappa shape index (κ1) is 19.6. The highest BCUT2D eigenvalue weighted by atomic mass is 35.5. The molecular formula is C15H23ClN2O5. The molecule has 1 aromatic rings. The predicted octanol–water partition coefficient (Wildman–Crippen LogP) is 2.05. The van der Waals surface area contributed by atoms with Crippen molar-refractivity contribution < 1.29 is 19.1 Å². The summed E-state index contributed by atoms with van der Waals surface area (Å²) in [5.74, 6) is 0.293. The van der Waals surface area contributed by atoms with E-state index in [4.69, 9.17) is 14.2 Å². The molecule has 1 saturated heterocycles. The van der Waals surface area contributed by atoms with Gasteiger partial charge in [-0.1, -0.05) is 6.07 Å². The third kappa shape index (κ3) is 6.70. The summed E-state index contributed by atoms with van der Waals surface area (Å²) in [7, 11) is 0. The quantitative estimate of drug-likeness (QED) is 0.407. The zero-order chi connectivity index (χ0) is 15.8. The summed E-state index contributed by atoms with van der Waals surface area (Å²) >= 11 is 0. The van der Waals surface area contributed by atoms with Gasteiger partial charge in [-0.3, -0.25) is 15.0 Å². The highest BCUT2D eigenvalue weighted by Crippen LogP contribution is 2.27. The van der Waals surface area contributed by atoms with E-state index in [2.05, 4.69) is 4.90 Å². The fourth-order valence-corrected chi connectivity index (χ4v) is 2.22. The number of morpholine rings is 1. The monoisotopic (exact) mass is 346 g/mol. The van der Waals surface area contributed by atoms with Gasteiger partial charge in [0.2, 0.25) is 0 Å². The minimum Gasteiger partial charge on any atom is -0.484 e. The van der Waals surface area contributed by atoms with Crippen LogP contribution in [0.2, 0.25) is 0 Å². The highest BCUT2D eigenvalue weighted by Gasteiger charge is 2.14. The number of benzene rings is 1. The first-order chi connectivity index (χ1) is 10.7. The van der Waals surface area contributed by atoms with Gasteiger partial charge in [0, 0.05) is 25.7 Å². The molecule has 23 heavy (non-hydrogen) atoms. The summed E-state index contributed by atoms with van der Waals surface area (Å²) in [5.41, 5.74) is 0.910. The molecule has 0 bridgehead atoms. The van der Waals surface area contributed by atoms with E-state index in [0.717, 1.165) is 38.4 Å². The standard InChI is InChI=1S/C15H22N2O5.ClH/c1-13-2-3-14(17(18)19)15(12-13)22-11-10-21-9-6-16-4-7-20-8-5-16;/h2-3,12H,4-11H2,1H3;1H. The maximum atomic E-state index is 10.9. The van der Waals surface area contributed by atoms with E-state index in [1.807, 2.05) is 6.92 Å². The van der Waals surface area contributed by atoms with Gasteiger partial charge in [0.05, 0.1) is 31.4 Å². The van der Waals surface area contributed by atoms with Crippen molar-refractivity contribution in [3.63, 3.8) is 0 Å². The second-order valence-corrected chi connectivity index (χ2v) is 5.14. The average molecular weight is 347 g/mol. The van der Waals surface area contributed by atoms with E-state index >= 15 is 0 Å². The van der Waals surface area contributed by atoms with E-state index < -0.39 is 4.92 Å². The molecular weight excluding hydrogens is 324 g/mol. The van der Waals surface area contributed by atoms with Crippen molar-refractivity contribution in [1.29, 1.82) is 0 Å². The Labute approximate surface area is 142 Å². The van der Waals surface area contributed by atoms with Crippen LogP contribution in [-0.2, 0) is 9.47 Å². The van der Waals surface area contributed by atoms with Crippen LogP contribution in [0.4, 0.5) is 5.69 Å². The molecule has 0 aromatic heterocycles. The lowest BCUT2D eigenvalue weighted by Gasteiger charge is -2.26. The van der Waals surface area contributed by atoms with Gasteiger partial charge in [0.1, 0.15) is 6.61 Å². The summed E-state index contributed by atoms with van der Waals surface area (Å²) < 4.78 is 16.3.